The van der Waals surface area contributed by atoms with Crippen molar-refractivity contribution in [3.8, 4) is 22.8 Å². The molecule has 0 bridgehead atoms. The number of fused-ring (bicyclic) bond motifs is 3. The average molecular weight is 563 g/mol. The summed E-state index contributed by atoms with van der Waals surface area (Å²) >= 11 is 0. The molecule has 214 valence electrons. The molecule has 0 saturated carbocycles. The summed E-state index contributed by atoms with van der Waals surface area (Å²) in [6.07, 6.45) is 2.76. The molecule has 42 heavy (non-hydrogen) atoms. The van der Waals surface area contributed by atoms with Crippen LogP contribution in [0.3, 0.4) is 0 Å². The number of epoxide rings is 1. The highest BCUT2D eigenvalue weighted by Crippen LogP contribution is 2.43. The fraction of sp³-hybridized carbons (Fsp3) is 0.324. The number of pyridine rings is 1. The number of nitrogens with two attached hydrogens (primary N) is 1. The lowest BCUT2D eigenvalue weighted by Crippen LogP contribution is -2.39. The van der Waals surface area contributed by atoms with Crippen molar-refractivity contribution in [2.75, 3.05) is 43.4 Å². The Morgan fingerprint density at radius 2 is 1.83 bits per heavy atom. The lowest BCUT2D eigenvalue weighted by molar-refractivity contribution is 0.0398. The molecule has 4 aliphatic heterocycles. The third-order valence-electron chi connectivity index (χ3n) is 8.94. The van der Waals surface area contributed by atoms with E-state index >= 15 is 0 Å². The van der Waals surface area contributed by atoms with Gasteiger partial charge in [-0.15, -0.1) is 0 Å². The average Bonchev–Trinajstić information content (AvgIpc) is 3.79. The summed E-state index contributed by atoms with van der Waals surface area (Å²) < 4.78 is 18.2. The van der Waals surface area contributed by atoms with Crippen LogP contribution in [-0.4, -0.2) is 54.9 Å². The van der Waals surface area contributed by atoms with Crippen LogP contribution in [0.15, 0.2) is 77.6 Å². The molecule has 3 saturated heterocycles. The molecule has 8 heteroatoms. The third-order valence-corrected chi connectivity index (χ3v) is 8.94. The van der Waals surface area contributed by atoms with E-state index in [1.54, 1.807) is 6.07 Å². The van der Waals surface area contributed by atoms with Gasteiger partial charge in [0.1, 0.15) is 17.6 Å². The molecule has 0 spiro atoms. The first-order valence-electron chi connectivity index (χ1n) is 14.8. The molecule has 8 rings (SSSR count). The van der Waals surface area contributed by atoms with Crippen molar-refractivity contribution < 1.29 is 14.2 Å². The van der Waals surface area contributed by atoms with Crippen molar-refractivity contribution >= 4 is 11.4 Å². The maximum absolute atomic E-state index is 12.9. The zero-order valence-corrected chi connectivity index (χ0v) is 23.4. The number of para-hydroxylation sites is 1. The Morgan fingerprint density at radius 1 is 0.929 bits per heavy atom. The first-order valence-corrected chi connectivity index (χ1v) is 14.8. The fourth-order valence-corrected chi connectivity index (χ4v) is 6.64. The third kappa shape index (κ3) is 4.96. The Kier molecular flexibility index (Phi) is 6.28. The Balaban J connectivity index is 1.01. The first-order chi connectivity index (χ1) is 20.6. The number of H-pyrrole nitrogens is 1. The van der Waals surface area contributed by atoms with Crippen molar-refractivity contribution in [3.05, 3.63) is 105 Å². The predicted octanol–water partition coefficient (Wildman–Crippen LogP) is 4.87. The van der Waals surface area contributed by atoms with Crippen LogP contribution in [0.25, 0.3) is 11.3 Å². The van der Waals surface area contributed by atoms with E-state index in [1.807, 2.05) is 30.3 Å². The highest BCUT2D eigenvalue weighted by atomic mass is 16.6. The van der Waals surface area contributed by atoms with Crippen molar-refractivity contribution in [1.29, 1.82) is 0 Å². The van der Waals surface area contributed by atoms with Crippen molar-refractivity contribution in [1.82, 2.24) is 9.88 Å². The van der Waals surface area contributed by atoms with E-state index in [4.69, 9.17) is 19.9 Å². The number of rotatable bonds is 5. The van der Waals surface area contributed by atoms with Crippen LogP contribution in [0.2, 0.25) is 0 Å². The number of piperidine rings is 1. The molecule has 0 amide bonds. The summed E-state index contributed by atoms with van der Waals surface area (Å²) in [5.41, 5.74) is 13.7. The Bertz CT molecular complexity index is 1700. The number of nitrogens with one attached hydrogen (secondary N) is 1. The van der Waals surface area contributed by atoms with Gasteiger partial charge in [0.2, 0.25) is 5.56 Å². The Labute approximate surface area is 244 Å². The number of ether oxygens (including phenoxy) is 3. The highest BCUT2D eigenvalue weighted by molar-refractivity contribution is 5.74. The molecule has 3 atom stereocenters. The van der Waals surface area contributed by atoms with E-state index in [-0.39, 0.29) is 11.7 Å². The van der Waals surface area contributed by atoms with Gasteiger partial charge in [-0.1, -0.05) is 36.4 Å². The first kappa shape index (κ1) is 25.6. The van der Waals surface area contributed by atoms with E-state index in [1.165, 1.54) is 5.56 Å². The Hall–Kier alpha value is -4.11. The van der Waals surface area contributed by atoms with Gasteiger partial charge in [-0.25, -0.2) is 0 Å². The van der Waals surface area contributed by atoms with Crippen LogP contribution in [0.4, 0.5) is 11.4 Å². The van der Waals surface area contributed by atoms with Gasteiger partial charge < -0.3 is 29.8 Å². The molecule has 8 nitrogen and oxygen atoms in total. The smallest absolute Gasteiger partial charge is 0.250 e. The maximum atomic E-state index is 12.9. The number of hydrogen-bond acceptors (Lipinski definition) is 7. The summed E-state index contributed by atoms with van der Waals surface area (Å²) in [5, 5.41) is 0. The SMILES string of the molecule is Nc1ccc2c(c1)Cc1cccc(-c3cc(N4CCOC(c5ccc(CN6CCC7OC7C6)cc5)C4)cc(=O)[nH]3)c1O2. The van der Waals surface area contributed by atoms with Crippen LogP contribution < -0.4 is 20.9 Å². The van der Waals surface area contributed by atoms with Gasteiger partial charge >= 0.3 is 0 Å². The van der Waals surface area contributed by atoms with Crippen LogP contribution in [0.1, 0.15) is 34.8 Å². The van der Waals surface area contributed by atoms with Gasteiger partial charge in [-0.05, 0) is 53.4 Å². The number of nitrogen functional groups attached to an aromatic ring is 1. The standard InChI is InChI=1S/C34H34N4O4/c35-25-8-9-29-24(15-25)14-23-2-1-3-27(34(23)42-29)28-16-26(17-33(39)36-28)38-12-13-40-31(20-38)22-6-4-21(5-7-22)18-37-11-10-30-32(19-37)41-30/h1-9,15-17,30-32H,10-14,18-20,35H2,(H,36,39). The number of hydrogen-bond donors (Lipinski definition) is 2. The lowest BCUT2D eigenvalue weighted by Gasteiger charge is -2.35. The minimum atomic E-state index is -0.142. The Morgan fingerprint density at radius 3 is 2.71 bits per heavy atom. The number of aromatic nitrogens is 1. The predicted molar refractivity (Wildman–Crippen MR) is 162 cm³/mol. The monoisotopic (exact) mass is 562 g/mol. The molecule has 0 aliphatic carbocycles. The van der Waals surface area contributed by atoms with Gasteiger partial charge in [0.05, 0.1) is 24.5 Å². The number of aromatic amines is 1. The quantitative estimate of drug-likeness (QED) is 0.233. The van der Waals surface area contributed by atoms with Crippen molar-refractivity contribution in [3.63, 3.8) is 0 Å². The fourth-order valence-electron chi connectivity index (χ4n) is 6.64. The molecule has 4 aromatic rings. The van der Waals surface area contributed by atoms with Gasteiger partial charge in [-0.3, -0.25) is 9.69 Å². The molecule has 1 aromatic heterocycles. The van der Waals surface area contributed by atoms with Crippen molar-refractivity contribution in [2.24, 2.45) is 0 Å². The topological polar surface area (TPSA) is 96.4 Å². The van der Waals surface area contributed by atoms with E-state index in [0.29, 0.717) is 25.4 Å². The maximum Gasteiger partial charge on any atom is 0.250 e. The van der Waals surface area contributed by atoms with Gasteiger partial charge in [0.15, 0.2) is 0 Å². The molecular weight excluding hydrogens is 528 g/mol. The molecule has 3 unspecified atom stereocenters. The second-order valence-corrected chi connectivity index (χ2v) is 11.8. The highest BCUT2D eigenvalue weighted by Gasteiger charge is 2.43. The summed E-state index contributed by atoms with van der Waals surface area (Å²) in [6, 6.07) is 24.3. The van der Waals surface area contributed by atoms with Crippen LogP contribution in [-0.2, 0) is 22.4 Å². The summed E-state index contributed by atoms with van der Waals surface area (Å²) in [4.78, 5) is 20.7. The number of likely N-dealkylation sites (tertiary alicyclic amines) is 1. The molecule has 3 fully saturated rings. The molecule has 3 aromatic carbocycles. The molecular formula is C34H34N4O4. The molecule has 4 aliphatic rings. The van der Waals surface area contributed by atoms with Gasteiger partial charge in [0, 0.05) is 67.7 Å². The van der Waals surface area contributed by atoms with Gasteiger partial charge in [-0.2, -0.15) is 0 Å². The summed E-state index contributed by atoms with van der Waals surface area (Å²) in [5.74, 6) is 1.57. The summed E-state index contributed by atoms with van der Waals surface area (Å²) in [6.45, 7) is 5.07. The number of morpholine rings is 1. The lowest BCUT2D eigenvalue weighted by atomic mass is 9.96. The van der Waals surface area contributed by atoms with Crippen LogP contribution in [0, 0.1) is 0 Å². The van der Waals surface area contributed by atoms with E-state index < -0.39 is 0 Å². The molecule has 3 N–H and O–H groups in total. The number of anilines is 2. The second kappa shape index (κ2) is 10.3. The van der Waals surface area contributed by atoms with Gasteiger partial charge in [0.25, 0.3) is 0 Å². The van der Waals surface area contributed by atoms with E-state index in [0.717, 1.165) is 89.8 Å². The summed E-state index contributed by atoms with van der Waals surface area (Å²) in [7, 11) is 0. The van der Waals surface area contributed by atoms with Crippen LogP contribution in [0.5, 0.6) is 11.5 Å². The normalized spacial score (nSPS) is 23.0. The zero-order valence-electron chi connectivity index (χ0n) is 23.4. The zero-order chi connectivity index (χ0) is 28.2. The second-order valence-electron chi connectivity index (χ2n) is 11.8. The minimum Gasteiger partial charge on any atom is -0.456 e. The van der Waals surface area contributed by atoms with Crippen LogP contribution >= 0.6 is 0 Å². The van der Waals surface area contributed by atoms with Crippen molar-refractivity contribution in [2.45, 2.75) is 37.7 Å². The van der Waals surface area contributed by atoms with E-state index in [9.17, 15) is 4.79 Å². The number of benzene rings is 3. The minimum absolute atomic E-state index is 0.0668. The molecule has 0 radical (unpaired) electrons. The molecule has 5 heterocycles. The largest absolute Gasteiger partial charge is 0.456 e. The number of nitrogens with zero attached hydrogens (tertiary/aromatic N) is 2. The van der Waals surface area contributed by atoms with E-state index in [2.05, 4.69) is 51.2 Å².